The van der Waals surface area contributed by atoms with Gasteiger partial charge in [0.25, 0.3) is 0 Å². The van der Waals surface area contributed by atoms with E-state index >= 15 is 0 Å². The number of nitrogens with one attached hydrogen (secondary N) is 2. The predicted octanol–water partition coefficient (Wildman–Crippen LogP) is 4.34. The second-order valence-corrected chi connectivity index (χ2v) is 9.48. The van der Waals surface area contributed by atoms with Gasteiger partial charge in [-0.25, -0.2) is 4.98 Å². The summed E-state index contributed by atoms with van der Waals surface area (Å²) in [5, 5.41) is 21.1. The molecule has 2 aromatic carbocycles. The minimum atomic E-state index is -0.225. The van der Waals surface area contributed by atoms with E-state index in [4.69, 9.17) is 15.7 Å². The van der Waals surface area contributed by atoms with Gasteiger partial charge < -0.3 is 26.0 Å². The minimum Gasteiger partial charge on any atom is -0.399 e. The van der Waals surface area contributed by atoms with E-state index in [9.17, 15) is 5.11 Å². The number of aromatic nitrogens is 4. The minimum absolute atomic E-state index is 0.0398. The zero-order chi connectivity index (χ0) is 24.7. The molecule has 0 spiro atoms. The number of nitrogen functional groups attached to an aromatic ring is 1. The van der Waals surface area contributed by atoms with Crippen LogP contribution in [0.25, 0.3) is 11.2 Å². The normalized spacial score (nSPS) is 12.0. The molecular formula is C27H29N7OS. The predicted molar refractivity (Wildman–Crippen MR) is 146 cm³/mol. The highest BCUT2D eigenvalue weighted by molar-refractivity contribution is 7.07. The number of benzene rings is 2. The molecule has 0 bridgehead atoms. The summed E-state index contributed by atoms with van der Waals surface area (Å²) in [4.78, 5) is 14.2. The molecule has 3 aromatic heterocycles. The highest BCUT2D eigenvalue weighted by Gasteiger charge is 2.16. The van der Waals surface area contributed by atoms with E-state index in [-0.39, 0.29) is 12.6 Å². The molecule has 9 heteroatoms. The van der Waals surface area contributed by atoms with Gasteiger partial charge in [0.15, 0.2) is 17.0 Å². The highest BCUT2D eigenvalue weighted by atomic mass is 32.1. The number of nitrogens with zero attached hydrogens (tertiary/aromatic N) is 4. The van der Waals surface area contributed by atoms with Crippen LogP contribution in [0.3, 0.4) is 0 Å². The maximum atomic E-state index is 10.0. The summed E-state index contributed by atoms with van der Waals surface area (Å²) in [5.41, 5.74) is 11.5. The van der Waals surface area contributed by atoms with Crippen molar-refractivity contribution in [2.75, 3.05) is 23.0 Å². The van der Waals surface area contributed by atoms with E-state index in [0.717, 1.165) is 35.4 Å². The van der Waals surface area contributed by atoms with Crippen LogP contribution in [-0.2, 0) is 25.9 Å². The van der Waals surface area contributed by atoms with Crippen molar-refractivity contribution >= 4 is 40.0 Å². The van der Waals surface area contributed by atoms with Gasteiger partial charge in [-0.2, -0.15) is 21.3 Å². The van der Waals surface area contributed by atoms with E-state index < -0.39 is 0 Å². The van der Waals surface area contributed by atoms with Crippen LogP contribution in [0, 0.1) is 0 Å². The van der Waals surface area contributed by atoms with Crippen molar-refractivity contribution in [3.63, 3.8) is 0 Å². The molecule has 0 aliphatic rings. The molecule has 8 nitrogen and oxygen atoms in total. The Kier molecular flexibility index (Phi) is 7.39. The van der Waals surface area contributed by atoms with Gasteiger partial charge in [-0.3, -0.25) is 0 Å². The number of nitrogens with two attached hydrogens (primary N) is 1. The van der Waals surface area contributed by atoms with Crippen LogP contribution < -0.4 is 16.4 Å². The van der Waals surface area contributed by atoms with E-state index in [0.29, 0.717) is 30.2 Å². The number of aryl methyl sites for hydroxylation is 2. The number of thiophene rings is 1. The van der Waals surface area contributed by atoms with E-state index in [2.05, 4.69) is 37.0 Å². The van der Waals surface area contributed by atoms with Crippen LogP contribution in [0.15, 0.2) is 77.8 Å². The average Bonchev–Trinajstić information content (AvgIpc) is 3.57. The second kappa shape index (κ2) is 11.2. The number of rotatable bonds is 11. The third-order valence-corrected chi connectivity index (χ3v) is 6.74. The van der Waals surface area contributed by atoms with Gasteiger partial charge in [-0.15, -0.1) is 0 Å². The standard InChI is InChI=1S/C27H29N7OS/c28-22-8-6-20(7-9-22)15-29-25-24-26(34(18-30-24)12-10-21-11-13-36-17-21)33-27(32-25)31-23(16-35)14-19-4-2-1-3-5-19/h1-9,11,13,17-18,23,35H,10,12,14-16,28H2,(H2,29,31,32,33)/t23-/m0/s1. The Balaban J connectivity index is 1.42. The van der Waals surface area contributed by atoms with Crippen molar-refractivity contribution in [2.45, 2.75) is 32.0 Å². The monoisotopic (exact) mass is 499 g/mol. The quantitative estimate of drug-likeness (QED) is 0.200. The number of imidazole rings is 1. The lowest BCUT2D eigenvalue weighted by molar-refractivity contribution is 0.273. The van der Waals surface area contributed by atoms with Crippen LogP contribution in [-0.4, -0.2) is 37.3 Å². The van der Waals surface area contributed by atoms with E-state index in [1.165, 1.54) is 5.56 Å². The molecule has 0 saturated carbocycles. The van der Waals surface area contributed by atoms with Gasteiger partial charge >= 0.3 is 0 Å². The zero-order valence-electron chi connectivity index (χ0n) is 19.8. The van der Waals surface area contributed by atoms with Crippen LogP contribution in [0.5, 0.6) is 0 Å². The lowest BCUT2D eigenvalue weighted by atomic mass is 10.1. The Labute approximate surface area is 213 Å². The first-order valence-electron chi connectivity index (χ1n) is 11.9. The highest BCUT2D eigenvalue weighted by Crippen LogP contribution is 2.23. The van der Waals surface area contributed by atoms with Crippen molar-refractivity contribution in [1.29, 1.82) is 0 Å². The molecule has 5 rings (SSSR count). The van der Waals surface area contributed by atoms with Crippen molar-refractivity contribution in [3.8, 4) is 0 Å². The number of hydrogen-bond acceptors (Lipinski definition) is 8. The lowest BCUT2D eigenvalue weighted by Gasteiger charge is -2.17. The number of aliphatic hydroxyl groups excluding tert-OH is 1. The first-order chi connectivity index (χ1) is 17.7. The van der Waals surface area contributed by atoms with Crippen molar-refractivity contribution in [3.05, 3.63) is 94.4 Å². The first kappa shape index (κ1) is 23.8. The van der Waals surface area contributed by atoms with Gasteiger partial charge in [0.05, 0.1) is 19.0 Å². The van der Waals surface area contributed by atoms with Crippen molar-refractivity contribution < 1.29 is 5.11 Å². The fourth-order valence-electron chi connectivity index (χ4n) is 4.04. The lowest BCUT2D eigenvalue weighted by Crippen LogP contribution is -2.27. The summed E-state index contributed by atoms with van der Waals surface area (Å²) in [6.07, 6.45) is 3.37. The maximum Gasteiger partial charge on any atom is 0.227 e. The Bertz CT molecular complexity index is 1390. The smallest absolute Gasteiger partial charge is 0.227 e. The summed E-state index contributed by atoms with van der Waals surface area (Å²) < 4.78 is 2.05. The Morgan fingerprint density at radius 2 is 1.81 bits per heavy atom. The Hall–Kier alpha value is -3.95. The third kappa shape index (κ3) is 5.81. The molecule has 5 N–H and O–H groups in total. The SMILES string of the molecule is Nc1ccc(CNc2nc(N[C@H](CO)Cc3ccccc3)nc3c2ncn3CCc2ccsc2)cc1. The molecule has 0 amide bonds. The summed E-state index contributed by atoms with van der Waals surface area (Å²) in [5.74, 6) is 1.10. The fraction of sp³-hybridized carbons (Fsp3) is 0.222. The second-order valence-electron chi connectivity index (χ2n) is 8.70. The van der Waals surface area contributed by atoms with Crippen LogP contribution in [0.2, 0.25) is 0 Å². The molecule has 0 unspecified atom stereocenters. The molecule has 0 radical (unpaired) electrons. The average molecular weight is 500 g/mol. The summed E-state index contributed by atoms with van der Waals surface area (Å²) >= 11 is 1.70. The van der Waals surface area contributed by atoms with Gasteiger partial charge in [0.1, 0.15) is 0 Å². The molecule has 0 aliphatic carbocycles. The van der Waals surface area contributed by atoms with E-state index in [1.807, 2.05) is 60.9 Å². The third-order valence-electron chi connectivity index (χ3n) is 6.00. The molecule has 0 saturated heterocycles. The maximum absolute atomic E-state index is 10.0. The zero-order valence-corrected chi connectivity index (χ0v) is 20.7. The summed E-state index contributed by atoms with van der Waals surface area (Å²) in [7, 11) is 0. The molecule has 0 fully saturated rings. The molecule has 0 aliphatic heterocycles. The molecule has 184 valence electrons. The summed E-state index contributed by atoms with van der Waals surface area (Å²) in [6.45, 7) is 1.29. The largest absolute Gasteiger partial charge is 0.399 e. The Morgan fingerprint density at radius 3 is 2.56 bits per heavy atom. The number of anilines is 3. The fourth-order valence-corrected chi connectivity index (χ4v) is 4.75. The number of aliphatic hydroxyl groups is 1. The van der Waals surface area contributed by atoms with E-state index in [1.54, 1.807) is 11.3 Å². The van der Waals surface area contributed by atoms with Gasteiger partial charge in [0.2, 0.25) is 5.95 Å². The summed E-state index contributed by atoms with van der Waals surface area (Å²) in [6, 6.07) is 19.7. The molecular weight excluding hydrogens is 470 g/mol. The van der Waals surface area contributed by atoms with Crippen molar-refractivity contribution in [1.82, 2.24) is 19.5 Å². The van der Waals surface area contributed by atoms with Crippen molar-refractivity contribution in [2.24, 2.45) is 0 Å². The van der Waals surface area contributed by atoms with Gasteiger partial charge in [-0.05, 0) is 58.5 Å². The molecule has 3 heterocycles. The van der Waals surface area contributed by atoms with Crippen LogP contribution >= 0.6 is 11.3 Å². The van der Waals surface area contributed by atoms with Crippen LogP contribution in [0.1, 0.15) is 16.7 Å². The Morgan fingerprint density at radius 1 is 0.972 bits per heavy atom. The first-order valence-corrected chi connectivity index (χ1v) is 12.9. The molecule has 1 atom stereocenters. The topological polar surface area (TPSA) is 114 Å². The molecule has 36 heavy (non-hydrogen) atoms. The van der Waals surface area contributed by atoms with Gasteiger partial charge in [0, 0.05) is 18.8 Å². The number of fused-ring (bicyclic) bond motifs is 1. The van der Waals surface area contributed by atoms with Gasteiger partial charge in [-0.1, -0.05) is 42.5 Å². The number of hydrogen-bond donors (Lipinski definition) is 4. The van der Waals surface area contributed by atoms with Crippen LogP contribution in [0.4, 0.5) is 17.5 Å². The molecule has 5 aromatic rings.